The van der Waals surface area contributed by atoms with Crippen LogP contribution in [0, 0.1) is 12.7 Å². The minimum absolute atomic E-state index is 0.0227. The maximum absolute atomic E-state index is 13.0. The van der Waals surface area contributed by atoms with Crippen molar-refractivity contribution >= 4 is 5.91 Å². The second-order valence-corrected chi connectivity index (χ2v) is 3.94. The lowest BCUT2D eigenvalue weighted by Gasteiger charge is -2.12. The fourth-order valence-corrected chi connectivity index (χ4v) is 1.47. The molecule has 0 fully saturated rings. The number of nitrogens with one attached hydrogen (secondary N) is 1. The summed E-state index contributed by atoms with van der Waals surface area (Å²) in [7, 11) is 0. The maximum atomic E-state index is 13.0. The quantitative estimate of drug-likeness (QED) is 0.856. The van der Waals surface area contributed by atoms with Crippen LogP contribution >= 0.6 is 0 Å². The number of carbonyl (C=O) groups excluding carboxylic acids is 1. The highest BCUT2D eigenvalue weighted by molar-refractivity contribution is 5.94. The number of rotatable bonds is 5. The van der Waals surface area contributed by atoms with Crippen molar-refractivity contribution in [2.24, 2.45) is 0 Å². The SMILES string of the molecule is CCOC(C)CNC(=O)c1ccc(F)c(C)c1. The number of hydrogen-bond acceptors (Lipinski definition) is 2. The molecule has 0 bridgehead atoms. The molecule has 0 spiro atoms. The Kier molecular flexibility index (Phi) is 5.10. The van der Waals surface area contributed by atoms with Gasteiger partial charge in [0.1, 0.15) is 5.82 Å². The van der Waals surface area contributed by atoms with Crippen molar-refractivity contribution in [3.8, 4) is 0 Å². The molecule has 1 amide bonds. The van der Waals surface area contributed by atoms with Crippen LogP contribution in [0.2, 0.25) is 0 Å². The molecule has 17 heavy (non-hydrogen) atoms. The molecular weight excluding hydrogens is 221 g/mol. The first-order valence-corrected chi connectivity index (χ1v) is 5.70. The summed E-state index contributed by atoms with van der Waals surface area (Å²) in [5, 5.41) is 2.74. The predicted octanol–water partition coefficient (Wildman–Crippen LogP) is 2.29. The molecule has 94 valence electrons. The normalized spacial score (nSPS) is 12.2. The van der Waals surface area contributed by atoms with E-state index >= 15 is 0 Å². The zero-order chi connectivity index (χ0) is 12.8. The highest BCUT2D eigenvalue weighted by Crippen LogP contribution is 2.09. The minimum atomic E-state index is -0.302. The van der Waals surface area contributed by atoms with Crippen molar-refractivity contribution in [1.29, 1.82) is 0 Å². The fourth-order valence-electron chi connectivity index (χ4n) is 1.47. The van der Waals surface area contributed by atoms with E-state index in [1.54, 1.807) is 6.92 Å². The molecule has 1 aromatic carbocycles. The van der Waals surface area contributed by atoms with E-state index in [4.69, 9.17) is 4.74 Å². The minimum Gasteiger partial charge on any atom is -0.377 e. The Balaban J connectivity index is 2.55. The van der Waals surface area contributed by atoms with Crippen LogP contribution in [0.15, 0.2) is 18.2 Å². The van der Waals surface area contributed by atoms with Gasteiger partial charge in [-0.1, -0.05) is 0 Å². The fraction of sp³-hybridized carbons (Fsp3) is 0.462. The topological polar surface area (TPSA) is 38.3 Å². The molecule has 4 heteroatoms. The van der Waals surface area contributed by atoms with E-state index in [0.717, 1.165) is 0 Å². The molecule has 0 aliphatic carbocycles. The molecule has 0 saturated heterocycles. The first-order valence-electron chi connectivity index (χ1n) is 5.70. The third kappa shape index (κ3) is 4.15. The Morgan fingerprint density at radius 2 is 2.24 bits per heavy atom. The van der Waals surface area contributed by atoms with Gasteiger partial charge in [-0.05, 0) is 44.5 Å². The number of halogens is 1. The molecule has 3 nitrogen and oxygen atoms in total. The first kappa shape index (κ1) is 13.6. The Hall–Kier alpha value is -1.42. The van der Waals surface area contributed by atoms with Gasteiger partial charge >= 0.3 is 0 Å². The highest BCUT2D eigenvalue weighted by Gasteiger charge is 2.09. The van der Waals surface area contributed by atoms with Crippen molar-refractivity contribution < 1.29 is 13.9 Å². The first-order chi connectivity index (χ1) is 8.04. The lowest BCUT2D eigenvalue weighted by Crippen LogP contribution is -2.32. The van der Waals surface area contributed by atoms with Crippen molar-refractivity contribution in [3.05, 3.63) is 35.1 Å². The molecule has 0 aliphatic heterocycles. The zero-order valence-electron chi connectivity index (χ0n) is 10.4. The van der Waals surface area contributed by atoms with Crippen LogP contribution in [0.4, 0.5) is 4.39 Å². The molecule has 1 N–H and O–H groups in total. The van der Waals surface area contributed by atoms with Gasteiger partial charge in [-0.3, -0.25) is 4.79 Å². The summed E-state index contributed by atoms with van der Waals surface area (Å²) in [6.07, 6.45) is -0.0227. The average molecular weight is 239 g/mol. The number of hydrogen-bond donors (Lipinski definition) is 1. The standard InChI is InChI=1S/C13H18FNO2/c1-4-17-10(3)8-15-13(16)11-5-6-12(14)9(2)7-11/h5-7,10H,4,8H2,1-3H3,(H,15,16). The van der Waals surface area contributed by atoms with Crippen LogP contribution < -0.4 is 5.32 Å². The van der Waals surface area contributed by atoms with E-state index in [0.29, 0.717) is 24.3 Å². The van der Waals surface area contributed by atoms with Gasteiger partial charge in [0.2, 0.25) is 0 Å². The van der Waals surface area contributed by atoms with Crippen LogP contribution in [0.25, 0.3) is 0 Å². The third-order valence-corrected chi connectivity index (χ3v) is 2.42. The summed E-state index contributed by atoms with van der Waals surface area (Å²) in [6.45, 7) is 6.49. The van der Waals surface area contributed by atoms with E-state index in [1.165, 1.54) is 18.2 Å². The van der Waals surface area contributed by atoms with E-state index in [2.05, 4.69) is 5.32 Å². The number of carbonyl (C=O) groups is 1. The van der Waals surface area contributed by atoms with Gasteiger partial charge in [0, 0.05) is 18.7 Å². The molecular formula is C13H18FNO2. The Labute approximate surface area is 101 Å². The predicted molar refractivity (Wildman–Crippen MR) is 64.6 cm³/mol. The van der Waals surface area contributed by atoms with Crippen LogP contribution in [0.3, 0.4) is 0 Å². The van der Waals surface area contributed by atoms with Crippen LogP contribution in [0.5, 0.6) is 0 Å². The number of aryl methyl sites for hydroxylation is 1. The molecule has 0 radical (unpaired) electrons. The second kappa shape index (κ2) is 6.35. The van der Waals surface area contributed by atoms with Gasteiger partial charge in [-0.15, -0.1) is 0 Å². The Morgan fingerprint density at radius 1 is 1.53 bits per heavy atom. The molecule has 1 rings (SSSR count). The smallest absolute Gasteiger partial charge is 0.251 e. The summed E-state index contributed by atoms with van der Waals surface area (Å²) in [4.78, 5) is 11.7. The summed E-state index contributed by atoms with van der Waals surface area (Å²) < 4.78 is 18.3. The van der Waals surface area contributed by atoms with Crippen molar-refractivity contribution in [3.63, 3.8) is 0 Å². The van der Waals surface area contributed by atoms with Crippen molar-refractivity contribution in [1.82, 2.24) is 5.32 Å². The summed E-state index contributed by atoms with van der Waals surface area (Å²) in [6, 6.07) is 4.31. The Morgan fingerprint density at radius 3 is 2.82 bits per heavy atom. The molecule has 1 aromatic rings. The lowest BCUT2D eigenvalue weighted by molar-refractivity contribution is 0.0695. The van der Waals surface area contributed by atoms with Gasteiger partial charge in [-0.2, -0.15) is 0 Å². The number of ether oxygens (including phenoxy) is 1. The van der Waals surface area contributed by atoms with Crippen LogP contribution in [-0.4, -0.2) is 25.2 Å². The molecule has 1 atom stereocenters. The molecule has 0 heterocycles. The highest BCUT2D eigenvalue weighted by atomic mass is 19.1. The average Bonchev–Trinajstić information content (AvgIpc) is 2.30. The van der Waals surface area contributed by atoms with Crippen LogP contribution in [-0.2, 0) is 4.74 Å². The van der Waals surface area contributed by atoms with Gasteiger partial charge in [0.25, 0.3) is 5.91 Å². The number of benzene rings is 1. The van der Waals surface area contributed by atoms with E-state index in [9.17, 15) is 9.18 Å². The summed E-state index contributed by atoms with van der Waals surface area (Å²) in [5.74, 6) is -0.510. The summed E-state index contributed by atoms with van der Waals surface area (Å²) in [5.41, 5.74) is 0.933. The molecule has 0 saturated carbocycles. The van der Waals surface area contributed by atoms with E-state index < -0.39 is 0 Å². The molecule has 1 unspecified atom stereocenters. The van der Waals surface area contributed by atoms with Crippen molar-refractivity contribution in [2.75, 3.05) is 13.2 Å². The van der Waals surface area contributed by atoms with Crippen LogP contribution in [0.1, 0.15) is 29.8 Å². The van der Waals surface area contributed by atoms with Gasteiger partial charge in [-0.25, -0.2) is 4.39 Å². The molecule has 0 aliphatic rings. The van der Waals surface area contributed by atoms with Gasteiger partial charge in [0.15, 0.2) is 0 Å². The van der Waals surface area contributed by atoms with E-state index in [1.807, 2.05) is 13.8 Å². The lowest BCUT2D eigenvalue weighted by atomic mass is 10.1. The zero-order valence-corrected chi connectivity index (χ0v) is 10.4. The monoisotopic (exact) mass is 239 g/mol. The third-order valence-electron chi connectivity index (χ3n) is 2.42. The molecule has 0 aromatic heterocycles. The maximum Gasteiger partial charge on any atom is 0.251 e. The number of amides is 1. The summed E-state index contributed by atoms with van der Waals surface area (Å²) >= 11 is 0. The van der Waals surface area contributed by atoms with Gasteiger partial charge < -0.3 is 10.1 Å². The van der Waals surface area contributed by atoms with E-state index in [-0.39, 0.29) is 17.8 Å². The Bertz CT molecular complexity index is 393. The largest absolute Gasteiger partial charge is 0.377 e. The second-order valence-electron chi connectivity index (χ2n) is 3.94. The van der Waals surface area contributed by atoms with Gasteiger partial charge in [0.05, 0.1) is 6.10 Å². The van der Waals surface area contributed by atoms with Crippen molar-refractivity contribution in [2.45, 2.75) is 26.9 Å².